The molecular formula is C18H14ClNO4. The number of hydrogen-bond donors (Lipinski definition) is 1. The molecule has 0 aliphatic rings. The molecule has 2 aromatic carbocycles. The van der Waals surface area contributed by atoms with Gasteiger partial charge in [0.25, 0.3) is 0 Å². The molecule has 1 N–H and O–H groups in total. The van der Waals surface area contributed by atoms with Crippen LogP contribution in [-0.2, 0) is 12.5 Å². The average Bonchev–Trinajstić information content (AvgIpc) is 3.10. The number of aromatic carboxylic acids is 1. The predicted octanol–water partition coefficient (Wildman–Crippen LogP) is 4.36. The summed E-state index contributed by atoms with van der Waals surface area (Å²) in [6.07, 6.45) is 0. The van der Waals surface area contributed by atoms with E-state index in [9.17, 15) is 4.79 Å². The van der Waals surface area contributed by atoms with Crippen molar-refractivity contribution in [2.75, 3.05) is 0 Å². The van der Waals surface area contributed by atoms with E-state index in [4.69, 9.17) is 26.0 Å². The number of carboxylic acid groups (broad SMARTS) is 1. The Balaban J connectivity index is 1.62. The molecule has 0 aliphatic heterocycles. The molecule has 0 unspecified atom stereocenters. The molecule has 1 aromatic heterocycles. The van der Waals surface area contributed by atoms with Crippen LogP contribution in [-0.4, -0.2) is 16.2 Å². The number of hydrogen-bond acceptors (Lipinski definition) is 4. The molecule has 0 saturated heterocycles. The van der Waals surface area contributed by atoms with Gasteiger partial charge in [0.15, 0.2) is 5.76 Å². The zero-order valence-corrected chi connectivity index (χ0v) is 13.4. The van der Waals surface area contributed by atoms with E-state index in [0.29, 0.717) is 18.1 Å². The summed E-state index contributed by atoms with van der Waals surface area (Å²) in [5.41, 5.74) is 2.79. The normalized spacial score (nSPS) is 10.5. The minimum Gasteiger partial charge on any atom is -0.489 e. The molecule has 5 nitrogen and oxygen atoms in total. The van der Waals surface area contributed by atoms with Crippen LogP contribution in [0.3, 0.4) is 0 Å². The number of nitrogens with zero attached hydrogens (tertiary/aromatic N) is 1. The topological polar surface area (TPSA) is 72.6 Å². The van der Waals surface area contributed by atoms with Crippen molar-refractivity contribution in [3.05, 3.63) is 71.5 Å². The number of ether oxygens (including phenoxy) is 1. The molecule has 0 spiro atoms. The summed E-state index contributed by atoms with van der Waals surface area (Å²) in [5.74, 6) is 0.677. The maximum Gasteiger partial charge on any atom is 0.335 e. The van der Waals surface area contributed by atoms with E-state index in [-0.39, 0.29) is 11.4 Å². The Morgan fingerprint density at radius 1 is 1.12 bits per heavy atom. The van der Waals surface area contributed by atoms with E-state index in [0.717, 1.165) is 16.8 Å². The Bertz CT molecular complexity index is 825. The quantitative estimate of drug-likeness (QED) is 0.673. The highest BCUT2D eigenvalue weighted by Crippen LogP contribution is 2.23. The second kappa shape index (κ2) is 7.19. The first-order chi connectivity index (χ1) is 11.7. The Morgan fingerprint density at radius 2 is 1.83 bits per heavy atom. The lowest BCUT2D eigenvalue weighted by Crippen LogP contribution is -1.98. The van der Waals surface area contributed by atoms with Gasteiger partial charge in [-0.25, -0.2) is 4.79 Å². The molecule has 0 atom stereocenters. The lowest BCUT2D eigenvalue weighted by molar-refractivity contribution is 0.0697. The summed E-state index contributed by atoms with van der Waals surface area (Å²) in [6.45, 7) is 0.361. The standard InChI is InChI=1S/C18H14ClNO4/c19-10-16-9-17(20-24-16)13-5-7-15(8-6-13)23-11-12-1-3-14(4-2-12)18(21)22/h1-9H,10-11H2,(H,21,22). The Kier molecular flexibility index (Phi) is 4.82. The molecule has 24 heavy (non-hydrogen) atoms. The molecule has 0 fully saturated rings. The third kappa shape index (κ3) is 3.75. The van der Waals surface area contributed by atoms with Crippen molar-refractivity contribution in [2.45, 2.75) is 12.5 Å². The number of halogens is 1. The Morgan fingerprint density at radius 3 is 2.42 bits per heavy atom. The van der Waals surface area contributed by atoms with E-state index < -0.39 is 5.97 Å². The van der Waals surface area contributed by atoms with Gasteiger partial charge < -0.3 is 14.4 Å². The minimum atomic E-state index is -0.941. The van der Waals surface area contributed by atoms with E-state index in [1.807, 2.05) is 24.3 Å². The lowest BCUT2D eigenvalue weighted by atomic mass is 10.1. The van der Waals surface area contributed by atoms with Crippen LogP contribution >= 0.6 is 11.6 Å². The molecule has 3 aromatic rings. The van der Waals surface area contributed by atoms with E-state index >= 15 is 0 Å². The molecule has 1 heterocycles. The maximum atomic E-state index is 10.8. The molecule has 0 bridgehead atoms. The average molecular weight is 344 g/mol. The molecular weight excluding hydrogens is 330 g/mol. The smallest absolute Gasteiger partial charge is 0.335 e. The number of carboxylic acids is 1. The van der Waals surface area contributed by atoms with Crippen molar-refractivity contribution in [1.29, 1.82) is 0 Å². The van der Waals surface area contributed by atoms with Crippen molar-refractivity contribution in [3.63, 3.8) is 0 Å². The first-order valence-corrected chi connectivity index (χ1v) is 7.76. The fourth-order valence-electron chi connectivity index (χ4n) is 2.14. The van der Waals surface area contributed by atoms with Crippen molar-refractivity contribution in [1.82, 2.24) is 5.16 Å². The monoisotopic (exact) mass is 343 g/mol. The zero-order valence-electron chi connectivity index (χ0n) is 12.6. The van der Waals surface area contributed by atoms with Gasteiger partial charge in [-0.1, -0.05) is 17.3 Å². The van der Waals surface area contributed by atoms with Gasteiger partial charge in [-0.3, -0.25) is 0 Å². The summed E-state index contributed by atoms with van der Waals surface area (Å²) < 4.78 is 10.8. The first-order valence-electron chi connectivity index (χ1n) is 7.23. The summed E-state index contributed by atoms with van der Waals surface area (Å²) in [6, 6.07) is 15.9. The molecule has 0 radical (unpaired) electrons. The van der Waals surface area contributed by atoms with Crippen molar-refractivity contribution in [3.8, 4) is 17.0 Å². The summed E-state index contributed by atoms with van der Waals surface area (Å²) in [5, 5.41) is 12.8. The highest BCUT2D eigenvalue weighted by Gasteiger charge is 2.06. The van der Waals surface area contributed by atoms with Crippen LogP contribution < -0.4 is 4.74 Å². The summed E-state index contributed by atoms with van der Waals surface area (Å²) in [4.78, 5) is 10.8. The summed E-state index contributed by atoms with van der Waals surface area (Å²) in [7, 11) is 0. The largest absolute Gasteiger partial charge is 0.489 e. The van der Waals surface area contributed by atoms with Crippen molar-refractivity contribution >= 4 is 17.6 Å². The molecule has 0 aliphatic carbocycles. The van der Waals surface area contributed by atoms with Gasteiger partial charge in [0.2, 0.25) is 0 Å². The molecule has 6 heteroatoms. The molecule has 3 rings (SSSR count). The SMILES string of the molecule is O=C(O)c1ccc(COc2ccc(-c3cc(CCl)on3)cc2)cc1. The number of benzene rings is 2. The van der Waals surface area contributed by atoms with Gasteiger partial charge in [0.05, 0.1) is 11.4 Å². The number of alkyl halides is 1. The number of carbonyl (C=O) groups is 1. The van der Waals surface area contributed by atoms with Crippen LogP contribution in [0.5, 0.6) is 5.75 Å². The first kappa shape index (κ1) is 16.1. The van der Waals surface area contributed by atoms with Gasteiger partial charge in [0, 0.05) is 11.6 Å². The predicted molar refractivity (Wildman–Crippen MR) is 89.2 cm³/mol. The van der Waals surface area contributed by atoms with Crippen LogP contribution in [0.4, 0.5) is 0 Å². The Labute approximate surface area is 143 Å². The zero-order chi connectivity index (χ0) is 16.9. The third-order valence-corrected chi connectivity index (χ3v) is 3.71. The van der Waals surface area contributed by atoms with E-state index in [2.05, 4.69) is 5.16 Å². The van der Waals surface area contributed by atoms with Crippen LogP contribution in [0, 0.1) is 0 Å². The van der Waals surface area contributed by atoms with Crippen molar-refractivity contribution < 1.29 is 19.2 Å². The van der Waals surface area contributed by atoms with Gasteiger partial charge in [-0.15, -0.1) is 11.6 Å². The number of rotatable bonds is 6. The number of aromatic nitrogens is 1. The van der Waals surface area contributed by atoms with E-state index in [1.165, 1.54) is 0 Å². The van der Waals surface area contributed by atoms with Gasteiger partial charge in [-0.2, -0.15) is 0 Å². The fraction of sp³-hybridized carbons (Fsp3) is 0.111. The minimum absolute atomic E-state index is 0.257. The molecule has 0 saturated carbocycles. The highest BCUT2D eigenvalue weighted by molar-refractivity contribution is 6.16. The van der Waals surface area contributed by atoms with Gasteiger partial charge in [-0.05, 0) is 42.0 Å². The van der Waals surface area contributed by atoms with Crippen molar-refractivity contribution in [2.24, 2.45) is 0 Å². The maximum absolute atomic E-state index is 10.8. The second-order valence-electron chi connectivity index (χ2n) is 5.13. The van der Waals surface area contributed by atoms with Crippen LogP contribution in [0.15, 0.2) is 59.1 Å². The van der Waals surface area contributed by atoms with Crippen LogP contribution in [0.2, 0.25) is 0 Å². The van der Waals surface area contributed by atoms with Crippen LogP contribution in [0.25, 0.3) is 11.3 Å². The highest BCUT2D eigenvalue weighted by atomic mass is 35.5. The van der Waals surface area contributed by atoms with Gasteiger partial charge >= 0.3 is 5.97 Å². The Hall–Kier alpha value is -2.79. The van der Waals surface area contributed by atoms with E-state index in [1.54, 1.807) is 30.3 Å². The lowest BCUT2D eigenvalue weighted by Gasteiger charge is -2.07. The van der Waals surface area contributed by atoms with Gasteiger partial charge in [0.1, 0.15) is 18.1 Å². The van der Waals surface area contributed by atoms with Crippen LogP contribution in [0.1, 0.15) is 21.7 Å². The molecule has 0 amide bonds. The third-order valence-electron chi connectivity index (χ3n) is 3.45. The molecule has 122 valence electrons. The fourth-order valence-corrected chi connectivity index (χ4v) is 2.27. The summed E-state index contributed by atoms with van der Waals surface area (Å²) >= 11 is 5.69. The second-order valence-corrected chi connectivity index (χ2v) is 5.39.